The Kier molecular flexibility index (Phi) is 4.05. The van der Waals surface area contributed by atoms with E-state index >= 15 is 0 Å². The average molecular weight is 239 g/mol. The van der Waals surface area contributed by atoms with Crippen molar-refractivity contribution in [3.05, 3.63) is 0 Å². The van der Waals surface area contributed by atoms with Gasteiger partial charge in [-0.25, -0.2) is 0 Å². The largest absolute Gasteiger partial charge is 0.355 e. The maximum Gasteiger partial charge on any atom is 0.237 e. The SMILES string of the molecule is CC1(CN)CCN(C2CCCCNC2=O)CC1. The molecule has 1 unspecified atom stereocenters. The van der Waals surface area contributed by atoms with Gasteiger partial charge in [-0.2, -0.15) is 0 Å². The summed E-state index contributed by atoms with van der Waals surface area (Å²) in [5.41, 5.74) is 6.11. The molecule has 2 saturated heterocycles. The van der Waals surface area contributed by atoms with Crippen LogP contribution in [0.1, 0.15) is 39.0 Å². The summed E-state index contributed by atoms with van der Waals surface area (Å²) in [6.07, 6.45) is 5.54. The third kappa shape index (κ3) is 2.99. The van der Waals surface area contributed by atoms with Crippen LogP contribution in [0.25, 0.3) is 0 Å². The highest BCUT2D eigenvalue weighted by atomic mass is 16.2. The van der Waals surface area contributed by atoms with Gasteiger partial charge >= 0.3 is 0 Å². The minimum absolute atomic E-state index is 0.111. The Labute approximate surface area is 104 Å². The maximum absolute atomic E-state index is 12.0. The molecule has 2 fully saturated rings. The Bertz CT molecular complexity index is 272. The number of nitrogens with two attached hydrogens (primary N) is 1. The van der Waals surface area contributed by atoms with E-state index in [1.54, 1.807) is 0 Å². The van der Waals surface area contributed by atoms with Gasteiger partial charge in [0.2, 0.25) is 5.91 Å². The van der Waals surface area contributed by atoms with Crippen molar-refractivity contribution >= 4 is 5.91 Å². The van der Waals surface area contributed by atoms with Gasteiger partial charge < -0.3 is 11.1 Å². The molecule has 3 N–H and O–H groups in total. The number of carbonyl (C=O) groups excluding carboxylic acids is 1. The number of nitrogens with one attached hydrogen (secondary N) is 1. The van der Waals surface area contributed by atoms with E-state index in [2.05, 4.69) is 17.1 Å². The summed E-state index contributed by atoms with van der Waals surface area (Å²) >= 11 is 0. The Morgan fingerprint density at radius 1 is 1.41 bits per heavy atom. The zero-order chi connectivity index (χ0) is 12.3. The summed E-state index contributed by atoms with van der Waals surface area (Å²) in [6.45, 7) is 5.91. The molecule has 2 heterocycles. The molecule has 0 saturated carbocycles. The second kappa shape index (κ2) is 5.36. The van der Waals surface area contributed by atoms with E-state index in [1.807, 2.05) is 0 Å². The van der Waals surface area contributed by atoms with Crippen molar-refractivity contribution in [3.63, 3.8) is 0 Å². The van der Waals surface area contributed by atoms with E-state index in [9.17, 15) is 4.79 Å². The first-order chi connectivity index (χ1) is 8.14. The van der Waals surface area contributed by atoms with E-state index in [-0.39, 0.29) is 17.4 Å². The third-order valence-electron chi connectivity index (χ3n) is 4.44. The Morgan fingerprint density at radius 3 is 2.76 bits per heavy atom. The minimum Gasteiger partial charge on any atom is -0.355 e. The van der Waals surface area contributed by atoms with Gasteiger partial charge in [-0.3, -0.25) is 9.69 Å². The van der Waals surface area contributed by atoms with Gasteiger partial charge in [0.1, 0.15) is 0 Å². The molecule has 0 aliphatic carbocycles. The van der Waals surface area contributed by atoms with Crippen LogP contribution in [0.3, 0.4) is 0 Å². The molecule has 98 valence electrons. The quantitative estimate of drug-likeness (QED) is 0.746. The van der Waals surface area contributed by atoms with E-state index in [4.69, 9.17) is 5.73 Å². The first-order valence-electron chi connectivity index (χ1n) is 6.86. The minimum atomic E-state index is 0.111. The Hall–Kier alpha value is -0.610. The van der Waals surface area contributed by atoms with Crippen molar-refractivity contribution in [1.82, 2.24) is 10.2 Å². The van der Waals surface area contributed by atoms with Crippen molar-refractivity contribution in [1.29, 1.82) is 0 Å². The second-order valence-electron chi connectivity index (χ2n) is 5.85. The molecule has 0 bridgehead atoms. The molecule has 4 heteroatoms. The van der Waals surface area contributed by atoms with Crippen LogP contribution < -0.4 is 11.1 Å². The van der Waals surface area contributed by atoms with E-state index in [0.29, 0.717) is 0 Å². The number of nitrogens with zero attached hydrogens (tertiary/aromatic N) is 1. The predicted octanol–water partition coefficient (Wildman–Crippen LogP) is 0.716. The van der Waals surface area contributed by atoms with Gasteiger partial charge in [-0.15, -0.1) is 0 Å². The first-order valence-corrected chi connectivity index (χ1v) is 6.86. The van der Waals surface area contributed by atoms with Crippen LogP contribution in [-0.4, -0.2) is 43.0 Å². The van der Waals surface area contributed by atoms with Crippen LogP contribution in [0.5, 0.6) is 0 Å². The van der Waals surface area contributed by atoms with E-state index in [1.165, 1.54) is 0 Å². The highest BCUT2D eigenvalue weighted by molar-refractivity contribution is 5.81. The summed E-state index contributed by atoms with van der Waals surface area (Å²) in [6, 6.07) is 0.111. The molecular formula is C13H25N3O. The predicted molar refractivity (Wildman–Crippen MR) is 68.6 cm³/mol. The molecular weight excluding hydrogens is 214 g/mol. The Balaban J connectivity index is 1.93. The molecule has 2 rings (SSSR count). The summed E-state index contributed by atoms with van der Waals surface area (Å²) < 4.78 is 0. The van der Waals surface area contributed by atoms with Gasteiger partial charge in [-0.1, -0.05) is 6.92 Å². The summed E-state index contributed by atoms with van der Waals surface area (Å²) in [7, 11) is 0. The normalized spacial score (nSPS) is 30.7. The smallest absolute Gasteiger partial charge is 0.237 e. The highest BCUT2D eigenvalue weighted by Gasteiger charge is 2.34. The zero-order valence-corrected chi connectivity index (χ0v) is 10.9. The molecule has 0 spiro atoms. The number of hydrogen-bond donors (Lipinski definition) is 2. The van der Waals surface area contributed by atoms with Crippen molar-refractivity contribution in [2.75, 3.05) is 26.2 Å². The summed E-state index contributed by atoms with van der Waals surface area (Å²) in [4.78, 5) is 14.3. The lowest BCUT2D eigenvalue weighted by Crippen LogP contribution is -2.51. The average Bonchev–Trinajstić information content (AvgIpc) is 2.55. The monoisotopic (exact) mass is 239 g/mol. The van der Waals surface area contributed by atoms with Crippen LogP contribution >= 0.6 is 0 Å². The zero-order valence-electron chi connectivity index (χ0n) is 10.9. The van der Waals surface area contributed by atoms with Crippen LogP contribution in [-0.2, 0) is 4.79 Å². The lowest BCUT2D eigenvalue weighted by Gasteiger charge is -2.41. The number of carbonyl (C=O) groups is 1. The van der Waals surface area contributed by atoms with Crippen molar-refractivity contribution in [2.45, 2.75) is 45.1 Å². The first kappa shape index (κ1) is 12.8. The van der Waals surface area contributed by atoms with Gasteiger partial charge in [0, 0.05) is 6.54 Å². The van der Waals surface area contributed by atoms with Crippen LogP contribution in [0.4, 0.5) is 0 Å². The number of rotatable bonds is 2. The van der Waals surface area contributed by atoms with E-state index in [0.717, 1.165) is 58.3 Å². The molecule has 0 radical (unpaired) electrons. The molecule has 2 aliphatic heterocycles. The number of amides is 1. The molecule has 1 amide bonds. The molecule has 0 aromatic heterocycles. The van der Waals surface area contributed by atoms with Crippen molar-refractivity contribution < 1.29 is 4.79 Å². The lowest BCUT2D eigenvalue weighted by atomic mass is 9.80. The standard InChI is InChI=1S/C13H25N3O/c1-13(10-14)5-8-16(9-6-13)11-4-2-3-7-15-12(11)17/h11H,2-10,14H2,1H3,(H,15,17). The number of piperidine rings is 1. The number of hydrogen-bond acceptors (Lipinski definition) is 3. The van der Waals surface area contributed by atoms with Gasteiger partial charge in [-0.05, 0) is 57.2 Å². The molecule has 4 nitrogen and oxygen atoms in total. The van der Waals surface area contributed by atoms with Crippen LogP contribution in [0, 0.1) is 5.41 Å². The Morgan fingerprint density at radius 2 is 2.12 bits per heavy atom. The van der Waals surface area contributed by atoms with Crippen molar-refractivity contribution in [2.24, 2.45) is 11.1 Å². The van der Waals surface area contributed by atoms with Crippen LogP contribution in [0.2, 0.25) is 0 Å². The molecule has 1 atom stereocenters. The fourth-order valence-corrected chi connectivity index (χ4v) is 2.85. The lowest BCUT2D eigenvalue weighted by molar-refractivity contribution is -0.127. The second-order valence-corrected chi connectivity index (χ2v) is 5.85. The molecule has 0 aromatic rings. The van der Waals surface area contributed by atoms with Gasteiger partial charge in [0.25, 0.3) is 0 Å². The number of likely N-dealkylation sites (tertiary alicyclic amines) is 1. The maximum atomic E-state index is 12.0. The fourth-order valence-electron chi connectivity index (χ4n) is 2.85. The molecule has 0 aromatic carbocycles. The molecule has 17 heavy (non-hydrogen) atoms. The highest BCUT2D eigenvalue weighted by Crippen LogP contribution is 2.31. The molecule has 2 aliphatic rings. The van der Waals surface area contributed by atoms with Gasteiger partial charge in [0.05, 0.1) is 6.04 Å². The summed E-state index contributed by atoms with van der Waals surface area (Å²) in [5.74, 6) is 0.235. The third-order valence-corrected chi connectivity index (χ3v) is 4.44. The van der Waals surface area contributed by atoms with Crippen molar-refractivity contribution in [3.8, 4) is 0 Å². The van der Waals surface area contributed by atoms with Gasteiger partial charge in [0.15, 0.2) is 0 Å². The van der Waals surface area contributed by atoms with Crippen LogP contribution in [0.15, 0.2) is 0 Å². The topological polar surface area (TPSA) is 58.4 Å². The van der Waals surface area contributed by atoms with E-state index < -0.39 is 0 Å². The fraction of sp³-hybridized carbons (Fsp3) is 0.923. The summed E-state index contributed by atoms with van der Waals surface area (Å²) in [5, 5.41) is 3.02.